The van der Waals surface area contributed by atoms with Crippen LogP contribution in [0.4, 0.5) is 0 Å². The van der Waals surface area contributed by atoms with Crippen molar-refractivity contribution in [3.63, 3.8) is 0 Å². The van der Waals surface area contributed by atoms with Gasteiger partial charge in [-0.3, -0.25) is 9.88 Å². The van der Waals surface area contributed by atoms with Gasteiger partial charge < -0.3 is 14.9 Å². The zero-order valence-electron chi connectivity index (χ0n) is 14.9. The van der Waals surface area contributed by atoms with Gasteiger partial charge in [0.1, 0.15) is 5.75 Å². The van der Waals surface area contributed by atoms with E-state index >= 15 is 0 Å². The van der Waals surface area contributed by atoms with Gasteiger partial charge in [-0.05, 0) is 61.6 Å². The van der Waals surface area contributed by atoms with Crippen LogP contribution in [0.15, 0.2) is 30.5 Å². The summed E-state index contributed by atoms with van der Waals surface area (Å²) in [5, 5.41) is 22.9. The van der Waals surface area contributed by atoms with Gasteiger partial charge in [-0.25, -0.2) is 0 Å². The highest BCUT2D eigenvalue weighted by Gasteiger charge is 2.50. The van der Waals surface area contributed by atoms with Crippen LogP contribution in [0.1, 0.15) is 37.9 Å². The predicted molar refractivity (Wildman–Crippen MR) is 96.6 cm³/mol. The Morgan fingerprint density at radius 2 is 2.24 bits per heavy atom. The number of nitrogens with zero attached hydrogens (tertiary/aromatic N) is 2. The average molecular weight is 342 g/mol. The van der Waals surface area contributed by atoms with Gasteiger partial charge in [-0.15, -0.1) is 0 Å². The monoisotopic (exact) mass is 342 g/mol. The van der Waals surface area contributed by atoms with E-state index < -0.39 is 11.7 Å². The molecule has 0 spiro atoms. The fourth-order valence-electron chi connectivity index (χ4n) is 4.68. The smallest absolute Gasteiger partial charge is 0.119 e. The van der Waals surface area contributed by atoms with Crippen molar-refractivity contribution >= 4 is 10.9 Å². The standard InChI is InChI=1S/C20H26N2O3/c1-3-20(24)12-22-9-7-13(20)10-18(22)19(23)15-6-8-21-17-5-4-14(25-2)11-16(15)17/h4-6,8,11,13,18-19,23-24H,3,7,9-10,12H2,1-2H3/t13-,18?,19+,20+/m0/s1. The Hall–Kier alpha value is -1.69. The first-order valence-corrected chi connectivity index (χ1v) is 9.13. The van der Waals surface area contributed by atoms with E-state index in [1.54, 1.807) is 13.3 Å². The molecule has 3 saturated heterocycles. The van der Waals surface area contributed by atoms with Gasteiger partial charge >= 0.3 is 0 Å². The molecule has 25 heavy (non-hydrogen) atoms. The molecule has 1 aromatic carbocycles. The summed E-state index contributed by atoms with van der Waals surface area (Å²) in [6, 6.07) is 7.70. The highest BCUT2D eigenvalue weighted by atomic mass is 16.5. The first-order chi connectivity index (χ1) is 12.1. The number of hydrogen-bond acceptors (Lipinski definition) is 5. The number of ether oxygens (including phenoxy) is 1. The molecule has 3 aliphatic heterocycles. The van der Waals surface area contributed by atoms with Crippen LogP contribution in [0, 0.1) is 5.92 Å². The van der Waals surface area contributed by atoms with Crippen molar-refractivity contribution in [2.24, 2.45) is 5.92 Å². The van der Waals surface area contributed by atoms with Gasteiger partial charge in [0, 0.05) is 24.2 Å². The summed E-state index contributed by atoms with van der Waals surface area (Å²) >= 11 is 0. The molecule has 5 heteroatoms. The largest absolute Gasteiger partial charge is 0.497 e. The van der Waals surface area contributed by atoms with Crippen molar-refractivity contribution < 1.29 is 14.9 Å². The molecule has 2 bridgehead atoms. The number of aromatic nitrogens is 1. The molecule has 0 amide bonds. The molecular formula is C20H26N2O3. The lowest BCUT2D eigenvalue weighted by molar-refractivity contribution is -0.153. The van der Waals surface area contributed by atoms with Gasteiger partial charge in [0.25, 0.3) is 0 Å². The minimum absolute atomic E-state index is 0.0439. The normalized spacial score (nSPS) is 32.7. The third kappa shape index (κ3) is 2.71. The first-order valence-electron chi connectivity index (χ1n) is 9.13. The van der Waals surface area contributed by atoms with Crippen molar-refractivity contribution in [1.82, 2.24) is 9.88 Å². The number of aliphatic hydroxyl groups is 2. The van der Waals surface area contributed by atoms with Crippen LogP contribution in [0.25, 0.3) is 10.9 Å². The van der Waals surface area contributed by atoms with Gasteiger partial charge in [0.2, 0.25) is 0 Å². The maximum atomic E-state index is 11.2. The second kappa shape index (κ2) is 6.24. The third-order valence-electron chi connectivity index (χ3n) is 6.27. The number of piperidine rings is 3. The number of methoxy groups -OCH3 is 1. The highest BCUT2D eigenvalue weighted by molar-refractivity contribution is 5.83. The Balaban J connectivity index is 1.68. The maximum absolute atomic E-state index is 11.2. The summed E-state index contributed by atoms with van der Waals surface area (Å²) in [7, 11) is 1.64. The molecule has 2 N–H and O–H groups in total. The Kier molecular flexibility index (Phi) is 4.18. The summed E-state index contributed by atoms with van der Waals surface area (Å²) < 4.78 is 5.34. The molecule has 5 rings (SSSR count). The molecule has 0 radical (unpaired) electrons. The minimum atomic E-state index is -0.599. The van der Waals surface area contributed by atoms with E-state index in [-0.39, 0.29) is 12.0 Å². The Labute approximate surface area is 148 Å². The molecule has 2 unspecified atom stereocenters. The topological polar surface area (TPSA) is 65.8 Å². The summed E-state index contributed by atoms with van der Waals surface area (Å²) in [6.45, 7) is 3.65. The highest BCUT2D eigenvalue weighted by Crippen LogP contribution is 2.44. The van der Waals surface area contributed by atoms with Crippen molar-refractivity contribution in [3.05, 3.63) is 36.0 Å². The number of fused-ring (bicyclic) bond motifs is 4. The molecule has 4 heterocycles. The molecule has 2 aromatic rings. The minimum Gasteiger partial charge on any atom is -0.497 e. The van der Waals surface area contributed by atoms with E-state index in [0.29, 0.717) is 6.54 Å². The van der Waals surface area contributed by atoms with Gasteiger partial charge in [0.05, 0.1) is 24.3 Å². The maximum Gasteiger partial charge on any atom is 0.119 e. The van der Waals surface area contributed by atoms with Crippen LogP contribution in [0.2, 0.25) is 0 Å². The second-order valence-electron chi connectivity index (χ2n) is 7.44. The summed E-state index contributed by atoms with van der Waals surface area (Å²) in [6.07, 6.45) is 3.78. The van der Waals surface area contributed by atoms with Crippen LogP contribution in [-0.4, -0.2) is 51.9 Å². The Bertz CT molecular complexity index is 781. The molecular weight excluding hydrogens is 316 g/mol. The van der Waals surface area contributed by atoms with Gasteiger partial charge in [-0.1, -0.05) is 6.92 Å². The molecule has 1 aromatic heterocycles. The van der Waals surface area contributed by atoms with E-state index in [4.69, 9.17) is 4.74 Å². The van der Waals surface area contributed by atoms with Crippen LogP contribution in [0.5, 0.6) is 5.75 Å². The molecule has 0 saturated carbocycles. The van der Waals surface area contributed by atoms with Crippen molar-refractivity contribution in [2.45, 2.75) is 43.9 Å². The van der Waals surface area contributed by atoms with Crippen molar-refractivity contribution in [3.8, 4) is 5.75 Å². The van der Waals surface area contributed by atoms with Crippen LogP contribution in [0.3, 0.4) is 0 Å². The lowest BCUT2D eigenvalue weighted by Crippen LogP contribution is -2.63. The Morgan fingerprint density at radius 1 is 1.40 bits per heavy atom. The fourth-order valence-corrected chi connectivity index (χ4v) is 4.68. The summed E-state index contributed by atoms with van der Waals surface area (Å²) in [4.78, 5) is 6.67. The van der Waals surface area contributed by atoms with Crippen LogP contribution < -0.4 is 4.74 Å². The van der Waals surface area contributed by atoms with E-state index in [1.165, 1.54) is 0 Å². The number of rotatable bonds is 4. The third-order valence-corrected chi connectivity index (χ3v) is 6.27. The SMILES string of the molecule is CC[C@@]1(O)CN2CC[C@H]1CC2[C@H](O)c1ccnc2ccc(OC)cc12. The second-order valence-corrected chi connectivity index (χ2v) is 7.44. The van der Waals surface area contributed by atoms with Crippen LogP contribution in [-0.2, 0) is 0 Å². The predicted octanol–water partition coefficient (Wildman–Crippen LogP) is 2.51. The summed E-state index contributed by atoms with van der Waals surface area (Å²) in [5.41, 5.74) is 1.15. The molecule has 5 atom stereocenters. The quantitative estimate of drug-likeness (QED) is 0.894. The van der Waals surface area contributed by atoms with Crippen LogP contribution >= 0.6 is 0 Å². The molecule has 0 aliphatic carbocycles. The van der Waals surface area contributed by atoms with Gasteiger partial charge in [-0.2, -0.15) is 0 Å². The zero-order chi connectivity index (χ0) is 17.6. The van der Waals surface area contributed by atoms with E-state index in [0.717, 1.165) is 48.0 Å². The average Bonchev–Trinajstić information content (AvgIpc) is 2.66. The van der Waals surface area contributed by atoms with Crippen molar-refractivity contribution in [1.29, 1.82) is 0 Å². The lowest BCUT2D eigenvalue weighted by atomic mass is 9.69. The number of benzene rings is 1. The summed E-state index contributed by atoms with van der Waals surface area (Å²) in [5.74, 6) is 1.03. The first kappa shape index (κ1) is 16.8. The zero-order valence-corrected chi connectivity index (χ0v) is 14.9. The number of pyridine rings is 1. The van der Waals surface area contributed by atoms with Gasteiger partial charge in [0.15, 0.2) is 0 Å². The molecule has 134 valence electrons. The number of hydrogen-bond donors (Lipinski definition) is 2. The van der Waals surface area contributed by atoms with E-state index in [1.807, 2.05) is 24.3 Å². The fraction of sp³-hybridized carbons (Fsp3) is 0.550. The van der Waals surface area contributed by atoms with E-state index in [2.05, 4.69) is 16.8 Å². The van der Waals surface area contributed by atoms with Crippen molar-refractivity contribution in [2.75, 3.05) is 20.2 Å². The number of aliphatic hydroxyl groups excluding tert-OH is 1. The Morgan fingerprint density at radius 3 is 2.92 bits per heavy atom. The molecule has 3 fully saturated rings. The van der Waals surface area contributed by atoms with E-state index in [9.17, 15) is 10.2 Å². The lowest BCUT2D eigenvalue weighted by Gasteiger charge is -2.55. The molecule has 5 nitrogen and oxygen atoms in total. The molecule has 3 aliphatic rings.